The van der Waals surface area contributed by atoms with Crippen LogP contribution in [0, 0.1) is 11.3 Å². The van der Waals surface area contributed by atoms with Crippen molar-refractivity contribution in [1.29, 1.82) is 5.26 Å². The van der Waals surface area contributed by atoms with Gasteiger partial charge in [0, 0.05) is 12.1 Å². The van der Waals surface area contributed by atoms with E-state index in [2.05, 4.69) is 40.1 Å². The van der Waals surface area contributed by atoms with Gasteiger partial charge in [-0.2, -0.15) is 5.26 Å². The van der Waals surface area contributed by atoms with Crippen LogP contribution in [0.5, 0.6) is 5.88 Å². The monoisotopic (exact) mass is 256 g/mol. The molecule has 1 aromatic heterocycles. The van der Waals surface area contributed by atoms with Crippen molar-refractivity contribution in [2.45, 2.75) is 30.3 Å². The summed E-state index contributed by atoms with van der Waals surface area (Å²) in [6.45, 7) is 0. The highest BCUT2D eigenvalue weighted by Gasteiger charge is 2.47. The zero-order valence-electron chi connectivity index (χ0n) is 11.1. The van der Waals surface area contributed by atoms with Crippen molar-refractivity contribution in [3.63, 3.8) is 0 Å². The van der Waals surface area contributed by atoms with E-state index in [9.17, 15) is 5.26 Å². The molecule has 0 radical (unpaired) electrons. The molecule has 0 aliphatic carbocycles. The Bertz CT molecular complexity index is 547. The number of nitriles is 1. The molecule has 0 saturated carbocycles. The van der Waals surface area contributed by atoms with E-state index in [1.54, 1.807) is 19.5 Å². The fraction of sp³-hybridized carbons (Fsp3) is 0.500. The van der Waals surface area contributed by atoms with Crippen LogP contribution in [0.1, 0.15) is 18.5 Å². The summed E-state index contributed by atoms with van der Waals surface area (Å²) in [7, 11) is 3.67. The van der Waals surface area contributed by atoms with Gasteiger partial charge in [0.15, 0.2) is 0 Å². The normalized spacial score (nSPS) is 33.1. The van der Waals surface area contributed by atoms with Gasteiger partial charge < -0.3 is 4.74 Å². The lowest BCUT2D eigenvalue weighted by Crippen LogP contribution is -2.48. The molecular weight excluding hydrogens is 240 g/mol. The second kappa shape index (κ2) is 4.32. The van der Waals surface area contributed by atoms with E-state index in [-0.39, 0.29) is 0 Å². The topological polar surface area (TPSA) is 62.0 Å². The minimum atomic E-state index is -0.563. The van der Waals surface area contributed by atoms with Crippen molar-refractivity contribution < 1.29 is 4.74 Å². The van der Waals surface area contributed by atoms with Gasteiger partial charge in [0.2, 0.25) is 5.88 Å². The maximum Gasteiger partial charge on any atom is 0.232 e. The van der Waals surface area contributed by atoms with Crippen molar-refractivity contribution in [1.82, 2.24) is 14.9 Å². The second-order valence-corrected chi connectivity index (χ2v) is 5.23. The Morgan fingerprint density at radius 2 is 2.05 bits per heavy atom. The first-order chi connectivity index (χ1) is 9.18. The molecule has 0 N–H and O–H groups in total. The van der Waals surface area contributed by atoms with Gasteiger partial charge in [-0.25, -0.2) is 4.98 Å². The van der Waals surface area contributed by atoms with Crippen LogP contribution in [0.2, 0.25) is 0 Å². The predicted molar refractivity (Wildman–Crippen MR) is 69.6 cm³/mol. The number of methoxy groups -OCH3 is 1. The lowest BCUT2D eigenvalue weighted by atomic mass is 9.73. The van der Waals surface area contributed by atoms with Crippen LogP contribution in [-0.4, -0.2) is 41.1 Å². The van der Waals surface area contributed by atoms with Crippen LogP contribution in [0.15, 0.2) is 24.5 Å². The van der Waals surface area contributed by atoms with Gasteiger partial charge in [0.05, 0.1) is 31.3 Å². The van der Waals surface area contributed by atoms with E-state index in [1.165, 1.54) is 0 Å². The quantitative estimate of drug-likeness (QED) is 0.746. The van der Waals surface area contributed by atoms with Crippen molar-refractivity contribution >= 4 is 0 Å². The maximum atomic E-state index is 9.70. The highest BCUT2D eigenvalue weighted by atomic mass is 16.5. The molecule has 5 heteroatoms. The summed E-state index contributed by atoms with van der Waals surface area (Å²) in [5.74, 6) is 0.464. The molecule has 5 nitrogen and oxygen atoms in total. The Labute approximate surface area is 112 Å². The van der Waals surface area contributed by atoms with Gasteiger partial charge in [-0.15, -0.1) is 0 Å². The summed E-state index contributed by atoms with van der Waals surface area (Å²) in [6.07, 6.45) is 9.16. The second-order valence-electron chi connectivity index (χ2n) is 5.23. The van der Waals surface area contributed by atoms with Crippen molar-refractivity contribution in [2.24, 2.45) is 0 Å². The molecule has 2 bridgehead atoms. The third kappa shape index (κ3) is 1.80. The number of hydrogen-bond donors (Lipinski definition) is 0. The molecule has 2 unspecified atom stereocenters. The van der Waals surface area contributed by atoms with E-state index in [0.717, 1.165) is 18.5 Å². The van der Waals surface area contributed by atoms with E-state index in [1.807, 2.05) is 0 Å². The van der Waals surface area contributed by atoms with Gasteiger partial charge in [0.25, 0.3) is 0 Å². The first-order valence-electron chi connectivity index (χ1n) is 6.36. The van der Waals surface area contributed by atoms with Crippen LogP contribution in [0.25, 0.3) is 0 Å². The van der Waals surface area contributed by atoms with Crippen LogP contribution in [0.4, 0.5) is 0 Å². The fourth-order valence-electron chi connectivity index (χ4n) is 3.03. The minimum absolute atomic E-state index is 0.311. The first kappa shape index (κ1) is 12.1. The SMILES string of the molecule is COc1cncc(C2(C#N)CC3C=CC(C2)N3C)n1. The number of nitrogens with zero attached hydrogens (tertiary/aromatic N) is 4. The third-order valence-corrected chi connectivity index (χ3v) is 4.24. The Morgan fingerprint density at radius 3 is 2.63 bits per heavy atom. The smallest absolute Gasteiger partial charge is 0.232 e. The number of ether oxygens (including phenoxy) is 1. The third-order valence-electron chi connectivity index (χ3n) is 4.24. The van der Waals surface area contributed by atoms with Crippen molar-refractivity contribution in [3.05, 3.63) is 30.2 Å². The fourth-order valence-corrected chi connectivity index (χ4v) is 3.03. The molecular formula is C14H16N4O. The van der Waals surface area contributed by atoms with Crippen LogP contribution >= 0.6 is 0 Å². The molecule has 1 aromatic rings. The van der Waals surface area contributed by atoms with E-state index in [0.29, 0.717) is 18.0 Å². The van der Waals surface area contributed by atoms with Gasteiger partial charge in [-0.3, -0.25) is 9.88 Å². The minimum Gasteiger partial charge on any atom is -0.480 e. The Morgan fingerprint density at radius 1 is 1.37 bits per heavy atom. The maximum absolute atomic E-state index is 9.70. The molecule has 1 fully saturated rings. The lowest BCUT2D eigenvalue weighted by Gasteiger charge is -2.40. The first-order valence-corrected chi connectivity index (χ1v) is 6.36. The number of likely N-dealkylation sites (N-methyl/N-ethyl adjacent to an activating group) is 1. The molecule has 0 amide bonds. The van der Waals surface area contributed by atoms with E-state index in [4.69, 9.17) is 4.74 Å². The molecule has 3 heterocycles. The number of piperidine rings is 1. The summed E-state index contributed by atoms with van der Waals surface area (Å²) >= 11 is 0. The van der Waals surface area contributed by atoms with Crippen molar-refractivity contribution in [3.8, 4) is 11.9 Å². The average molecular weight is 256 g/mol. The Hall–Kier alpha value is -1.93. The molecule has 19 heavy (non-hydrogen) atoms. The highest BCUT2D eigenvalue weighted by Crippen LogP contribution is 2.42. The molecule has 2 atom stereocenters. The summed E-state index contributed by atoms with van der Waals surface area (Å²) < 4.78 is 5.12. The number of aromatic nitrogens is 2. The largest absolute Gasteiger partial charge is 0.480 e. The van der Waals surface area contributed by atoms with Gasteiger partial charge in [-0.05, 0) is 19.9 Å². The average Bonchev–Trinajstić information content (AvgIpc) is 2.69. The number of rotatable bonds is 2. The molecule has 1 saturated heterocycles. The summed E-state index contributed by atoms with van der Waals surface area (Å²) in [6, 6.07) is 3.10. The van der Waals surface area contributed by atoms with Crippen LogP contribution in [0.3, 0.4) is 0 Å². The lowest BCUT2D eigenvalue weighted by molar-refractivity contribution is 0.148. The Kier molecular flexibility index (Phi) is 2.76. The van der Waals surface area contributed by atoms with Gasteiger partial charge in [-0.1, -0.05) is 12.2 Å². The van der Waals surface area contributed by atoms with E-state index < -0.39 is 5.41 Å². The molecule has 0 spiro atoms. The van der Waals surface area contributed by atoms with Gasteiger partial charge in [0.1, 0.15) is 5.41 Å². The molecule has 0 aromatic carbocycles. The number of fused-ring (bicyclic) bond motifs is 2. The number of hydrogen-bond acceptors (Lipinski definition) is 5. The zero-order valence-corrected chi connectivity index (χ0v) is 11.1. The van der Waals surface area contributed by atoms with Crippen LogP contribution in [-0.2, 0) is 5.41 Å². The summed E-state index contributed by atoms with van der Waals surface area (Å²) in [5.41, 5.74) is 0.161. The van der Waals surface area contributed by atoms with Gasteiger partial charge >= 0.3 is 0 Å². The van der Waals surface area contributed by atoms with Crippen molar-refractivity contribution in [2.75, 3.05) is 14.2 Å². The summed E-state index contributed by atoms with van der Waals surface area (Å²) in [5, 5.41) is 9.70. The van der Waals surface area contributed by atoms with Crippen LogP contribution < -0.4 is 4.74 Å². The predicted octanol–water partition coefficient (Wildman–Crippen LogP) is 1.28. The molecule has 2 aliphatic heterocycles. The zero-order chi connectivity index (χ0) is 13.5. The molecule has 98 valence electrons. The highest BCUT2D eigenvalue weighted by molar-refractivity contribution is 5.33. The Balaban J connectivity index is 1.99. The molecule has 2 aliphatic rings. The van der Waals surface area contributed by atoms with E-state index >= 15 is 0 Å². The summed E-state index contributed by atoms with van der Waals surface area (Å²) in [4.78, 5) is 10.9. The molecule has 3 rings (SSSR count). The standard InChI is InChI=1S/C14H16N4O/c1-18-10-3-4-11(18)6-14(5-10,9-15)12-7-16-8-13(17-12)19-2/h3-4,7-8,10-11H,5-6H2,1-2H3.